The van der Waals surface area contributed by atoms with Crippen molar-refractivity contribution < 1.29 is 0 Å². The Morgan fingerprint density at radius 3 is 2.76 bits per heavy atom. The third-order valence-corrected chi connectivity index (χ3v) is 2.69. The maximum absolute atomic E-state index is 9.05. The molecule has 2 rings (SSSR count). The number of nitriles is 1. The Kier molecular flexibility index (Phi) is 2.64. The van der Waals surface area contributed by atoms with Gasteiger partial charge in [-0.3, -0.25) is 4.57 Å². The van der Waals surface area contributed by atoms with Gasteiger partial charge >= 0.3 is 0 Å². The van der Waals surface area contributed by atoms with Gasteiger partial charge in [0, 0.05) is 12.2 Å². The first-order chi connectivity index (χ1) is 8.06. The standard InChI is InChI=1S/C12H15N5/c1-8(2)17-12(11(14)9(3)15-17)16-6-4-5-10(16)7-13/h4-6,8H,14H2,1-3H3. The van der Waals surface area contributed by atoms with Gasteiger partial charge in [0.2, 0.25) is 0 Å². The van der Waals surface area contributed by atoms with E-state index in [2.05, 4.69) is 11.2 Å². The lowest BCUT2D eigenvalue weighted by Crippen LogP contribution is -2.11. The lowest BCUT2D eigenvalue weighted by molar-refractivity contribution is 0.518. The van der Waals surface area contributed by atoms with Crippen LogP contribution in [0.25, 0.3) is 5.82 Å². The number of nitrogen functional groups attached to an aromatic ring is 1. The summed E-state index contributed by atoms with van der Waals surface area (Å²) in [7, 11) is 0. The molecule has 0 saturated heterocycles. The second kappa shape index (κ2) is 3.98. The van der Waals surface area contributed by atoms with Crippen molar-refractivity contribution in [1.29, 1.82) is 5.26 Å². The number of nitrogens with two attached hydrogens (primary N) is 1. The summed E-state index contributed by atoms with van der Waals surface area (Å²) in [6, 6.07) is 5.91. The summed E-state index contributed by atoms with van der Waals surface area (Å²) in [5, 5.41) is 13.5. The van der Waals surface area contributed by atoms with Crippen LogP contribution in [-0.2, 0) is 0 Å². The summed E-state index contributed by atoms with van der Waals surface area (Å²) >= 11 is 0. The molecule has 0 unspecified atom stereocenters. The van der Waals surface area contributed by atoms with E-state index in [1.54, 1.807) is 10.6 Å². The van der Waals surface area contributed by atoms with Crippen molar-refractivity contribution >= 4 is 5.69 Å². The van der Waals surface area contributed by atoms with Crippen LogP contribution in [0.1, 0.15) is 31.3 Å². The van der Waals surface area contributed by atoms with Gasteiger partial charge in [-0.1, -0.05) is 0 Å². The van der Waals surface area contributed by atoms with Gasteiger partial charge < -0.3 is 5.73 Å². The Bertz CT molecular complexity index is 583. The molecule has 17 heavy (non-hydrogen) atoms. The van der Waals surface area contributed by atoms with E-state index in [4.69, 9.17) is 11.0 Å². The van der Waals surface area contributed by atoms with Gasteiger partial charge in [-0.05, 0) is 32.9 Å². The summed E-state index contributed by atoms with van der Waals surface area (Å²) in [6.07, 6.45) is 1.82. The van der Waals surface area contributed by atoms with Crippen molar-refractivity contribution in [3.8, 4) is 11.9 Å². The average Bonchev–Trinajstić information content (AvgIpc) is 2.84. The Hall–Kier alpha value is -2.22. The molecule has 5 nitrogen and oxygen atoms in total. The molecular formula is C12H15N5. The maximum Gasteiger partial charge on any atom is 0.160 e. The predicted octanol–water partition coefficient (Wildman–Crippen LogP) is 2.02. The van der Waals surface area contributed by atoms with Crippen molar-refractivity contribution in [1.82, 2.24) is 14.3 Å². The highest BCUT2D eigenvalue weighted by Crippen LogP contribution is 2.25. The fourth-order valence-corrected chi connectivity index (χ4v) is 1.80. The van der Waals surface area contributed by atoms with E-state index >= 15 is 0 Å². The van der Waals surface area contributed by atoms with Crippen LogP contribution in [0.2, 0.25) is 0 Å². The smallest absolute Gasteiger partial charge is 0.160 e. The Morgan fingerprint density at radius 2 is 2.18 bits per heavy atom. The zero-order chi connectivity index (χ0) is 12.6. The largest absolute Gasteiger partial charge is 0.394 e. The molecule has 0 spiro atoms. The zero-order valence-electron chi connectivity index (χ0n) is 10.2. The normalized spacial score (nSPS) is 10.8. The highest BCUT2D eigenvalue weighted by Gasteiger charge is 2.17. The fourth-order valence-electron chi connectivity index (χ4n) is 1.80. The molecule has 0 aromatic carbocycles. The number of aryl methyl sites for hydroxylation is 1. The van der Waals surface area contributed by atoms with Gasteiger partial charge in [-0.15, -0.1) is 0 Å². The lowest BCUT2D eigenvalue weighted by atomic mass is 10.3. The van der Waals surface area contributed by atoms with Crippen molar-refractivity contribution in [3.05, 3.63) is 29.7 Å². The Labute approximate surface area is 100 Å². The van der Waals surface area contributed by atoms with E-state index in [-0.39, 0.29) is 6.04 Å². The van der Waals surface area contributed by atoms with E-state index < -0.39 is 0 Å². The van der Waals surface area contributed by atoms with Gasteiger partial charge in [0.1, 0.15) is 11.8 Å². The van der Waals surface area contributed by atoms with E-state index in [9.17, 15) is 0 Å². The van der Waals surface area contributed by atoms with Crippen molar-refractivity contribution in [2.45, 2.75) is 26.8 Å². The predicted molar refractivity (Wildman–Crippen MR) is 65.8 cm³/mol. The molecule has 0 radical (unpaired) electrons. The minimum Gasteiger partial charge on any atom is -0.394 e. The second-order valence-corrected chi connectivity index (χ2v) is 4.24. The molecule has 0 aliphatic rings. The van der Waals surface area contributed by atoms with Gasteiger partial charge in [0.15, 0.2) is 5.82 Å². The quantitative estimate of drug-likeness (QED) is 0.856. The number of aromatic nitrogens is 3. The van der Waals surface area contributed by atoms with Gasteiger partial charge in [0.25, 0.3) is 0 Å². The van der Waals surface area contributed by atoms with Crippen LogP contribution in [0.15, 0.2) is 18.3 Å². The number of hydrogen-bond donors (Lipinski definition) is 1. The maximum atomic E-state index is 9.05. The molecule has 0 bridgehead atoms. The third-order valence-electron chi connectivity index (χ3n) is 2.69. The summed E-state index contributed by atoms with van der Waals surface area (Å²) in [6.45, 7) is 5.93. The molecule has 0 fully saturated rings. The molecule has 0 aliphatic carbocycles. The summed E-state index contributed by atoms with van der Waals surface area (Å²) < 4.78 is 3.61. The Balaban J connectivity index is 2.71. The molecule has 2 aromatic rings. The van der Waals surface area contributed by atoms with E-state index in [1.807, 2.05) is 37.7 Å². The third kappa shape index (κ3) is 1.68. The van der Waals surface area contributed by atoms with Crippen LogP contribution in [0.3, 0.4) is 0 Å². The van der Waals surface area contributed by atoms with Crippen LogP contribution < -0.4 is 5.73 Å². The lowest BCUT2D eigenvalue weighted by Gasteiger charge is -2.12. The molecule has 0 aliphatic heterocycles. The van der Waals surface area contributed by atoms with Gasteiger partial charge in [-0.2, -0.15) is 10.4 Å². The van der Waals surface area contributed by atoms with Crippen molar-refractivity contribution in [3.63, 3.8) is 0 Å². The minimum atomic E-state index is 0.190. The topological polar surface area (TPSA) is 72.6 Å². The second-order valence-electron chi connectivity index (χ2n) is 4.24. The van der Waals surface area contributed by atoms with Crippen molar-refractivity contribution in [2.75, 3.05) is 5.73 Å². The molecule has 0 amide bonds. The van der Waals surface area contributed by atoms with Crippen LogP contribution >= 0.6 is 0 Å². The molecule has 0 atom stereocenters. The SMILES string of the molecule is Cc1nn(C(C)C)c(-n2cccc2C#N)c1N. The van der Waals surface area contributed by atoms with Crippen LogP contribution in [0.5, 0.6) is 0 Å². The number of anilines is 1. The highest BCUT2D eigenvalue weighted by atomic mass is 15.4. The van der Waals surface area contributed by atoms with Crippen LogP contribution in [-0.4, -0.2) is 14.3 Å². The fraction of sp³-hybridized carbons (Fsp3) is 0.333. The number of hydrogen-bond acceptors (Lipinski definition) is 3. The summed E-state index contributed by atoms with van der Waals surface area (Å²) in [5.74, 6) is 0.763. The monoisotopic (exact) mass is 229 g/mol. The molecule has 2 aromatic heterocycles. The zero-order valence-corrected chi connectivity index (χ0v) is 10.2. The molecule has 88 valence electrons. The van der Waals surface area contributed by atoms with Crippen molar-refractivity contribution in [2.24, 2.45) is 0 Å². The van der Waals surface area contributed by atoms with Gasteiger partial charge in [0.05, 0.1) is 11.4 Å². The highest BCUT2D eigenvalue weighted by molar-refractivity contribution is 5.59. The number of nitrogens with zero attached hydrogens (tertiary/aromatic N) is 4. The molecule has 0 saturated carbocycles. The van der Waals surface area contributed by atoms with Crippen LogP contribution in [0, 0.1) is 18.3 Å². The number of rotatable bonds is 2. The molecule has 2 N–H and O–H groups in total. The first-order valence-corrected chi connectivity index (χ1v) is 5.48. The van der Waals surface area contributed by atoms with E-state index in [1.165, 1.54) is 0 Å². The van der Waals surface area contributed by atoms with Gasteiger partial charge in [-0.25, -0.2) is 4.68 Å². The average molecular weight is 229 g/mol. The summed E-state index contributed by atoms with van der Waals surface area (Å²) in [4.78, 5) is 0. The first-order valence-electron chi connectivity index (χ1n) is 5.48. The first kappa shape index (κ1) is 11.3. The van der Waals surface area contributed by atoms with E-state index in [0.717, 1.165) is 11.5 Å². The molecule has 2 heterocycles. The van der Waals surface area contributed by atoms with E-state index in [0.29, 0.717) is 11.4 Å². The van der Waals surface area contributed by atoms with Crippen LogP contribution in [0.4, 0.5) is 5.69 Å². The minimum absolute atomic E-state index is 0.190. The molecular weight excluding hydrogens is 214 g/mol. The summed E-state index contributed by atoms with van der Waals surface area (Å²) in [5.41, 5.74) is 8.00. The molecule has 5 heteroatoms. The Morgan fingerprint density at radius 1 is 1.47 bits per heavy atom.